The Balaban J connectivity index is 1.96. The van der Waals surface area contributed by atoms with Gasteiger partial charge in [-0.25, -0.2) is 4.79 Å². The molecule has 0 bridgehead atoms. The third-order valence-corrected chi connectivity index (χ3v) is 3.78. The molecule has 124 valence electrons. The number of hydrogen-bond acceptors (Lipinski definition) is 4. The maximum atomic E-state index is 12.3. The van der Waals surface area contributed by atoms with Crippen LogP contribution in [0, 0.1) is 0 Å². The molecular formula is C18H23NO4. The molecule has 5 nitrogen and oxygen atoms in total. The van der Waals surface area contributed by atoms with E-state index in [-0.39, 0.29) is 11.9 Å². The van der Waals surface area contributed by atoms with Crippen molar-refractivity contribution < 1.29 is 19.1 Å². The lowest BCUT2D eigenvalue weighted by atomic mass is 10.2. The van der Waals surface area contributed by atoms with Gasteiger partial charge in [-0.05, 0) is 43.0 Å². The number of rotatable bonds is 6. The molecule has 0 aliphatic carbocycles. The Hall–Kier alpha value is -2.30. The first-order valence-electron chi connectivity index (χ1n) is 7.95. The van der Waals surface area contributed by atoms with Gasteiger partial charge < -0.3 is 14.4 Å². The molecule has 1 aliphatic heterocycles. The number of likely N-dealkylation sites (tertiary alicyclic amines) is 1. The summed E-state index contributed by atoms with van der Waals surface area (Å²) >= 11 is 0. The summed E-state index contributed by atoms with van der Waals surface area (Å²) in [6.45, 7) is 3.34. The summed E-state index contributed by atoms with van der Waals surface area (Å²) in [5.74, 6) is 0.312. The second-order valence-electron chi connectivity index (χ2n) is 5.46. The first-order valence-corrected chi connectivity index (χ1v) is 7.95. The zero-order valence-corrected chi connectivity index (χ0v) is 13.7. The average Bonchev–Trinajstić information content (AvgIpc) is 3.07. The highest BCUT2D eigenvalue weighted by Crippen LogP contribution is 2.19. The lowest BCUT2D eigenvalue weighted by Gasteiger charge is -2.20. The van der Waals surface area contributed by atoms with Gasteiger partial charge in [-0.1, -0.05) is 19.1 Å². The van der Waals surface area contributed by atoms with Gasteiger partial charge in [0.15, 0.2) is 0 Å². The van der Waals surface area contributed by atoms with Crippen molar-refractivity contribution in [1.29, 1.82) is 0 Å². The van der Waals surface area contributed by atoms with Crippen LogP contribution < -0.4 is 4.74 Å². The molecule has 2 rings (SSSR count). The molecule has 1 aromatic rings. The number of esters is 1. The van der Waals surface area contributed by atoms with Crippen molar-refractivity contribution in [3.63, 3.8) is 0 Å². The van der Waals surface area contributed by atoms with Gasteiger partial charge in [-0.2, -0.15) is 0 Å². The van der Waals surface area contributed by atoms with Gasteiger partial charge in [-0.3, -0.25) is 4.79 Å². The van der Waals surface area contributed by atoms with Crippen molar-refractivity contribution >= 4 is 18.0 Å². The first kappa shape index (κ1) is 17.1. The summed E-state index contributed by atoms with van der Waals surface area (Å²) in [5, 5.41) is 0. The van der Waals surface area contributed by atoms with E-state index in [0.717, 1.165) is 24.2 Å². The molecule has 0 spiro atoms. The van der Waals surface area contributed by atoms with Crippen LogP contribution in [0.15, 0.2) is 30.3 Å². The van der Waals surface area contributed by atoms with Crippen molar-refractivity contribution in [3.05, 3.63) is 35.9 Å². The largest absolute Gasteiger partial charge is 0.494 e. The molecular weight excluding hydrogens is 294 g/mol. The quantitative estimate of drug-likeness (QED) is 0.598. The van der Waals surface area contributed by atoms with E-state index in [9.17, 15) is 9.59 Å². The van der Waals surface area contributed by atoms with Gasteiger partial charge in [0.25, 0.3) is 0 Å². The Labute approximate surface area is 136 Å². The first-order chi connectivity index (χ1) is 11.2. The Morgan fingerprint density at radius 1 is 1.30 bits per heavy atom. The summed E-state index contributed by atoms with van der Waals surface area (Å²) in [4.78, 5) is 25.5. The Morgan fingerprint density at radius 2 is 2.04 bits per heavy atom. The van der Waals surface area contributed by atoms with E-state index in [1.807, 2.05) is 24.3 Å². The van der Waals surface area contributed by atoms with Crippen molar-refractivity contribution in [2.75, 3.05) is 20.3 Å². The van der Waals surface area contributed by atoms with E-state index in [1.54, 1.807) is 11.0 Å². The summed E-state index contributed by atoms with van der Waals surface area (Å²) < 4.78 is 10.3. The lowest BCUT2D eigenvalue weighted by molar-refractivity contribution is -0.149. The Bertz CT molecular complexity index is 565. The molecule has 1 unspecified atom stereocenters. The normalized spacial score (nSPS) is 17.5. The maximum Gasteiger partial charge on any atom is 0.328 e. The monoisotopic (exact) mass is 317 g/mol. The topological polar surface area (TPSA) is 55.8 Å². The number of nitrogens with zero attached hydrogens (tertiary/aromatic N) is 1. The molecule has 23 heavy (non-hydrogen) atoms. The molecule has 1 aliphatic rings. The molecule has 1 saturated heterocycles. The second kappa shape index (κ2) is 8.36. The molecule has 0 aromatic heterocycles. The minimum Gasteiger partial charge on any atom is -0.494 e. The highest BCUT2D eigenvalue weighted by Gasteiger charge is 2.33. The molecule has 1 aromatic carbocycles. The molecule has 0 radical (unpaired) electrons. The second-order valence-corrected chi connectivity index (χ2v) is 5.46. The van der Waals surface area contributed by atoms with Crippen molar-refractivity contribution in [2.24, 2.45) is 0 Å². The Kier molecular flexibility index (Phi) is 6.20. The van der Waals surface area contributed by atoms with Crippen molar-refractivity contribution in [2.45, 2.75) is 32.2 Å². The molecule has 0 N–H and O–H groups in total. The summed E-state index contributed by atoms with van der Waals surface area (Å²) in [6.07, 6.45) is 5.70. The number of ether oxygens (including phenoxy) is 2. The number of carbonyl (C=O) groups excluding carboxylic acids is 2. The van der Waals surface area contributed by atoms with E-state index in [4.69, 9.17) is 9.47 Å². The fraction of sp³-hybridized carbons (Fsp3) is 0.444. The fourth-order valence-corrected chi connectivity index (χ4v) is 2.57. The molecule has 5 heteroatoms. The van der Waals surface area contributed by atoms with Crippen LogP contribution in [0.3, 0.4) is 0 Å². The van der Waals surface area contributed by atoms with E-state index in [2.05, 4.69) is 6.92 Å². The van der Waals surface area contributed by atoms with E-state index >= 15 is 0 Å². The minimum absolute atomic E-state index is 0.163. The fourth-order valence-electron chi connectivity index (χ4n) is 2.57. The lowest BCUT2D eigenvalue weighted by Crippen LogP contribution is -2.40. The molecule has 1 heterocycles. The summed E-state index contributed by atoms with van der Waals surface area (Å²) in [7, 11) is 1.35. The minimum atomic E-state index is -0.457. The Morgan fingerprint density at radius 3 is 2.70 bits per heavy atom. The van der Waals surface area contributed by atoms with Crippen LogP contribution in [0.1, 0.15) is 31.7 Å². The third-order valence-electron chi connectivity index (χ3n) is 3.78. The van der Waals surface area contributed by atoms with Gasteiger partial charge in [0.05, 0.1) is 13.7 Å². The van der Waals surface area contributed by atoms with Crippen LogP contribution in [0.2, 0.25) is 0 Å². The smallest absolute Gasteiger partial charge is 0.328 e. The zero-order chi connectivity index (χ0) is 16.7. The highest BCUT2D eigenvalue weighted by atomic mass is 16.5. The van der Waals surface area contributed by atoms with Gasteiger partial charge in [-0.15, -0.1) is 0 Å². The molecule has 1 atom stereocenters. The predicted octanol–water partition coefficient (Wildman–Crippen LogP) is 2.65. The van der Waals surface area contributed by atoms with Crippen LogP contribution in [0.5, 0.6) is 5.75 Å². The number of hydrogen-bond donors (Lipinski definition) is 0. The number of benzene rings is 1. The zero-order valence-electron chi connectivity index (χ0n) is 13.7. The maximum absolute atomic E-state index is 12.3. The number of amides is 1. The van der Waals surface area contributed by atoms with Crippen LogP contribution >= 0.6 is 0 Å². The van der Waals surface area contributed by atoms with E-state index < -0.39 is 6.04 Å². The SMILES string of the molecule is CCCOc1ccc(/C=C/C(=O)N2CCCC2C(=O)OC)cc1. The van der Waals surface area contributed by atoms with Crippen LogP contribution in [0.25, 0.3) is 6.08 Å². The average molecular weight is 317 g/mol. The van der Waals surface area contributed by atoms with Gasteiger partial charge in [0.2, 0.25) is 5.91 Å². The van der Waals surface area contributed by atoms with Crippen LogP contribution in [-0.4, -0.2) is 43.1 Å². The molecule has 0 saturated carbocycles. The third kappa shape index (κ3) is 4.58. The molecule has 1 amide bonds. The van der Waals surface area contributed by atoms with Crippen molar-refractivity contribution in [3.8, 4) is 5.75 Å². The van der Waals surface area contributed by atoms with E-state index in [1.165, 1.54) is 13.2 Å². The van der Waals surface area contributed by atoms with Crippen LogP contribution in [-0.2, 0) is 14.3 Å². The standard InChI is InChI=1S/C18H23NO4/c1-3-13-23-15-9-6-14(7-10-15)8-11-17(20)19-12-4-5-16(19)18(21)22-2/h6-11,16H,3-5,12-13H2,1-2H3/b11-8+. The van der Waals surface area contributed by atoms with Gasteiger partial charge in [0, 0.05) is 12.6 Å². The summed E-state index contributed by atoms with van der Waals surface area (Å²) in [5.41, 5.74) is 0.913. The van der Waals surface area contributed by atoms with Gasteiger partial charge in [0.1, 0.15) is 11.8 Å². The van der Waals surface area contributed by atoms with Crippen LogP contribution in [0.4, 0.5) is 0 Å². The molecule has 1 fully saturated rings. The highest BCUT2D eigenvalue weighted by molar-refractivity contribution is 5.95. The number of methoxy groups -OCH3 is 1. The van der Waals surface area contributed by atoms with Crippen molar-refractivity contribution in [1.82, 2.24) is 4.90 Å². The van der Waals surface area contributed by atoms with E-state index in [0.29, 0.717) is 19.6 Å². The van der Waals surface area contributed by atoms with Gasteiger partial charge >= 0.3 is 5.97 Å². The predicted molar refractivity (Wildman–Crippen MR) is 88.0 cm³/mol. The summed E-state index contributed by atoms with van der Waals surface area (Å²) in [6, 6.07) is 7.11. The number of carbonyl (C=O) groups is 2.